The van der Waals surface area contributed by atoms with Gasteiger partial charge in [-0.2, -0.15) is 4.31 Å². The molecule has 9 nitrogen and oxygen atoms in total. The molecular formula is C15H23N3O6S2. The third kappa shape index (κ3) is 4.60. The molecule has 0 saturated carbocycles. The average Bonchev–Trinajstić information content (AvgIpc) is 2.66. The Hall–Kier alpha value is -1.53. The van der Waals surface area contributed by atoms with Crippen LogP contribution < -0.4 is 5.32 Å². The predicted octanol–water partition coefficient (Wildman–Crippen LogP) is -0.536. The van der Waals surface area contributed by atoms with Crippen molar-refractivity contribution in [2.24, 2.45) is 0 Å². The van der Waals surface area contributed by atoms with E-state index in [4.69, 9.17) is 4.74 Å². The zero-order valence-electron chi connectivity index (χ0n) is 14.7. The molecule has 1 N–H and O–H groups in total. The van der Waals surface area contributed by atoms with E-state index in [0.717, 1.165) is 4.31 Å². The van der Waals surface area contributed by atoms with Crippen LogP contribution in [0.5, 0.6) is 0 Å². The van der Waals surface area contributed by atoms with Crippen LogP contribution >= 0.6 is 0 Å². The van der Waals surface area contributed by atoms with Crippen molar-refractivity contribution < 1.29 is 26.4 Å². The van der Waals surface area contributed by atoms with Crippen molar-refractivity contribution in [2.45, 2.75) is 16.2 Å². The number of nitrogens with zero attached hydrogens (tertiary/aromatic N) is 2. The van der Waals surface area contributed by atoms with Gasteiger partial charge in [0, 0.05) is 40.2 Å². The van der Waals surface area contributed by atoms with Crippen LogP contribution in [0.25, 0.3) is 0 Å². The first-order valence-corrected chi connectivity index (χ1v) is 10.9. The summed E-state index contributed by atoms with van der Waals surface area (Å²) in [6, 6.07) is 5.09. The van der Waals surface area contributed by atoms with E-state index in [1.54, 1.807) is 0 Å². The van der Waals surface area contributed by atoms with Crippen molar-refractivity contribution in [2.75, 3.05) is 46.9 Å². The van der Waals surface area contributed by atoms with Crippen molar-refractivity contribution in [3.05, 3.63) is 24.3 Å². The summed E-state index contributed by atoms with van der Waals surface area (Å²) in [4.78, 5) is 11.3. The van der Waals surface area contributed by atoms with Gasteiger partial charge in [0.15, 0.2) is 0 Å². The molecule has 0 unspecified atom stereocenters. The Bertz CT molecular complexity index is 831. The summed E-state index contributed by atoms with van der Waals surface area (Å²) < 4.78 is 57.7. The number of hydrogen-bond donors (Lipinski definition) is 1. The van der Waals surface area contributed by atoms with Gasteiger partial charge in [0.2, 0.25) is 26.0 Å². The largest absolute Gasteiger partial charge is 0.379 e. The Morgan fingerprint density at radius 3 is 2.19 bits per heavy atom. The van der Waals surface area contributed by atoms with E-state index in [2.05, 4.69) is 5.32 Å². The highest BCUT2D eigenvalue weighted by Crippen LogP contribution is 2.21. The molecule has 0 bridgehead atoms. The Balaban J connectivity index is 2.16. The van der Waals surface area contributed by atoms with Crippen LogP contribution in [0.3, 0.4) is 0 Å². The lowest BCUT2D eigenvalue weighted by atomic mass is 10.4. The van der Waals surface area contributed by atoms with Crippen molar-refractivity contribution in [1.82, 2.24) is 13.9 Å². The summed E-state index contributed by atoms with van der Waals surface area (Å²) >= 11 is 0. The van der Waals surface area contributed by atoms with Crippen LogP contribution in [0, 0.1) is 0 Å². The summed E-state index contributed by atoms with van der Waals surface area (Å²) in [5, 5.41) is 2.43. The molecular weight excluding hydrogens is 382 g/mol. The molecule has 146 valence electrons. The molecule has 0 spiro atoms. The van der Waals surface area contributed by atoms with Crippen molar-refractivity contribution in [3.63, 3.8) is 0 Å². The van der Waals surface area contributed by atoms with E-state index in [-0.39, 0.29) is 41.8 Å². The van der Waals surface area contributed by atoms with Crippen LogP contribution in [0.2, 0.25) is 0 Å². The second-order valence-electron chi connectivity index (χ2n) is 5.74. The minimum atomic E-state index is -3.81. The second kappa shape index (κ2) is 8.44. The van der Waals surface area contributed by atoms with Crippen molar-refractivity contribution in [3.8, 4) is 0 Å². The summed E-state index contributed by atoms with van der Waals surface area (Å²) in [7, 11) is -4.63. The van der Waals surface area contributed by atoms with Crippen LogP contribution in [0.4, 0.5) is 0 Å². The molecule has 1 heterocycles. The number of rotatable bonds is 7. The zero-order valence-corrected chi connectivity index (χ0v) is 16.3. The molecule has 0 radical (unpaired) electrons. The van der Waals surface area contributed by atoms with Gasteiger partial charge < -0.3 is 10.1 Å². The van der Waals surface area contributed by atoms with E-state index >= 15 is 0 Å². The average molecular weight is 405 g/mol. The Kier molecular flexibility index (Phi) is 6.74. The smallest absolute Gasteiger partial charge is 0.243 e. The number of nitrogens with one attached hydrogen (secondary N) is 1. The molecule has 1 aromatic rings. The first-order valence-electron chi connectivity index (χ1n) is 8.04. The molecule has 1 saturated heterocycles. The van der Waals surface area contributed by atoms with Crippen molar-refractivity contribution in [1.29, 1.82) is 0 Å². The number of ether oxygens (including phenoxy) is 1. The van der Waals surface area contributed by atoms with Gasteiger partial charge in [0.05, 0.1) is 23.0 Å². The Labute approximate surface area is 154 Å². The number of benzene rings is 1. The van der Waals surface area contributed by atoms with E-state index in [1.807, 2.05) is 0 Å². The van der Waals surface area contributed by atoms with Gasteiger partial charge in [-0.15, -0.1) is 0 Å². The molecule has 26 heavy (non-hydrogen) atoms. The lowest BCUT2D eigenvalue weighted by Gasteiger charge is -2.26. The maximum atomic E-state index is 12.6. The standard InChI is InChI=1S/C15H23N3O6S2/c1-16-15(19)7-8-17(2)25(20,21)13-3-5-14(6-4-13)26(22,23)18-9-11-24-12-10-18/h3-6H,7-12H2,1-2H3,(H,16,19). The summed E-state index contributed by atoms with van der Waals surface area (Å²) in [6.45, 7) is 1.23. The lowest BCUT2D eigenvalue weighted by Crippen LogP contribution is -2.40. The molecule has 1 aliphatic heterocycles. The van der Waals surface area contributed by atoms with Crippen LogP contribution in [0.15, 0.2) is 34.1 Å². The highest BCUT2D eigenvalue weighted by atomic mass is 32.2. The van der Waals surface area contributed by atoms with Gasteiger partial charge in [-0.05, 0) is 24.3 Å². The summed E-state index contributed by atoms with van der Waals surface area (Å²) in [5.74, 6) is -0.265. The summed E-state index contributed by atoms with van der Waals surface area (Å²) in [5.41, 5.74) is 0. The molecule has 0 atom stereocenters. The Morgan fingerprint density at radius 2 is 1.65 bits per heavy atom. The minimum Gasteiger partial charge on any atom is -0.379 e. The van der Waals surface area contributed by atoms with Gasteiger partial charge in [-0.25, -0.2) is 21.1 Å². The summed E-state index contributed by atoms with van der Waals surface area (Å²) in [6.07, 6.45) is 0.0374. The predicted molar refractivity (Wildman–Crippen MR) is 94.5 cm³/mol. The van der Waals surface area contributed by atoms with Gasteiger partial charge in [-0.1, -0.05) is 0 Å². The number of amides is 1. The number of sulfonamides is 2. The van der Waals surface area contributed by atoms with Crippen LogP contribution in [-0.2, 0) is 29.6 Å². The third-order valence-corrected chi connectivity index (χ3v) is 7.86. The van der Waals surface area contributed by atoms with Gasteiger partial charge in [0.25, 0.3) is 0 Å². The fourth-order valence-corrected chi connectivity index (χ4v) is 4.98. The number of carbonyl (C=O) groups is 1. The first kappa shape index (κ1) is 20.8. The molecule has 1 aliphatic rings. The van der Waals surface area contributed by atoms with E-state index in [1.165, 1.54) is 42.7 Å². The minimum absolute atomic E-state index is 0.0236. The monoisotopic (exact) mass is 405 g/mol. The zero-order chi connectivity index (χ0) is 19.4. The molecule has 1 amide bonds. The molecule has 11 heteroatoms. The molecule has 0 aromatic heterocycles. The quantitative estimate of drug-likeness (QED) is 0.652. The molecule has 2 rings (SSSR count). The van der Waals surface area contributed by atoms with Crippen LogP contribution in [0.1, 0.15) is 6.42 Å². The third-order valence-electron chi connectivity index (χ3n) is 4.07. The Morgan fingerprint density at radius 1 is 1.12 bits per heavy atom. The molecule has 1 fully saturated rings. The maximum absolute atomic E-state index is 12.6. The fourth-order valence-electron chi connectivity index (χ4n) is 2.40. The van der Waals surface area contributed by atoms with Crippen molar-refractivity contribution >= 4 is 26.0 Å². The van der Waals surface area contributed by atoms with Gasteiger partial charge in [-0.3, -0.25) is 4.79 Å². The highest BCUT2D eigenvalue weighted by molar-refractivity contribution is 7.89. The normalized spacial score (nSPS) is 16.6. The maximum Gasteiger partial charge on any atom is 0.243 e. The SMILES string of the molecule is CNC(=O)CCN(C)S(=O)(=O)c1ccc(S(=O)(=O)N2CCOCC2)cc1. The number of hydrogen-bond acceptors (Lipinski definition) is 6. The van der Waals surface area contributed by atoms with Gasteiger partial charge in [0.1, 0.15) is 0 Å². The van der Waals surface area contributed by atoms with E-state index < -0.39 is 20.0 Å². The van der Waals surface area contributed by atoms with E-state index in [9.17, 15) is 21.6 Å². The molecule has 0 aliphatic carbocycles. The van der Waals surface area contributed by atoms with E-state index in [0.29, 0.717) is 13.2 Å². The lowest BCUT2D eigenvalue weighted by molar-refractivity contribution is -0.120. The first-order chi connectivity index (χ1) is 12.2. The fraction of sp³-hybridized carbons (Fsp3) is 0.533. The highest BCUT2D eigenvalue weighted by Gasteiger charge is 2.27. The van der Waals surface area contributed by atoms with Crippen LogP contribution in [-0.4, -0.2) is 78.3 Å². The topological polar surface area (TPSA) is 113 Å². The second-order valence-corrected chi connectivity index (χ2v) is 9.72. The number of morpholine rings is 1. The van der Waals surface area contributed by atoms with Gasteiger partial charge >= 0.3 is 0 Å². The number of carbonyl (C=O) groups excluding carboxylic acids is 1. The molecule has 1 aromatic carbocycles.